The Morgan fingerprint density at radius 1 is 0.471 bits per heavy atom. The molecule has 2 aliphatic rings. The molecule has 2 fully saturated rings. The van der Waals surface area contributed by atoms with E-state index in [2.05, 4.69) is 4.74 Å². The fourth-order valence-corrected chi connectivity index (χ4v) is 12.8. The van der Waals surface area contributed by atoms with Crippen LogP contribution >= 0.6 is 34.8 Å². The van der Waals surface area contributed by atoms with E-state index in [1.165, 1.54) is 55.0 Å². The van der Waals surface area contributed by atoms with Crippen molar-refractivity contribution in [2.24, 2.45) is 0 Å². The van der Waals surface area contributed by atoms with Gasteiger partial charge in [-0.2, -0.15) is 0 Å². The van der Waals surface area contributed by atoms with Crippen LogP contribution in [0.15, 0.2) is 146 Å². The van der Waals surface area contributed by atoms with Crippen LogP contribution in [0.1, 0.15) is 99.0 Å². The number of nitrogens with zero attached hydrogens (tertiary/aromatic N) is 8. The SMILES string of the molecule is C[N+](CCOC(=O)OCCl)(Cc1ccc(Cl)cc1)Cc1ccc([N+](=O)[O-])cc1.C[N+](CCOC(=O)OCOC(=O)CCC[N+]1(Cc2ccc([N+](=O)[O-])cc2)CCCCC1)(Cc1ccc(Cl)cc1)Cc1ccc([N+](=O)[O-])cc1.O=C([O-])CCC[N+]1(Cc2ccc([N+](=O)[O-])cc2)CCCCC1.[2H]CF.[Br-].[Br-].[Na+]. The number of ether oxygens (including phenoxy) is 5. The molecule has 0 N–H and O–H groups in total. The summed E-state index contributed by atoms with van der Waals surface area (Å²) in [5, 5.41) is 55.5. The molecule has 0 saturated carbocycles. The van der Waals surface area contributed by atoms with E-state index in [1.807, 2.05) is 62.6 Å². The smallest absolute Gasteiger partial charge is 1.00 e. The minimum absolute atomic E-state index is 0. The van der Waals surface area contributed by atoms with Crippen LogP contribution < -0.4 is 68.6 Å². The second-order valence-corrected chi connectivity index (χ2v) is 26.6. The van der Waals surface area contributed by atoms with E-state index >= 15 is 0 Å². The zero-order valence-electron chi connectivity index (χ0n) is 59.6. The van der Waals surface area contributed by atoms with E-state index < -0.39 is 57.9 Å². The summed E-state index contributed by atoms with van der Waals surface area (Å²) in [5.74, 6) is -1.47. The average Bonchev–Trinajstić information content (AvgIpc) is 0.845. The number of aliphatic carboxylic acids is 1. The predicted molar refractivity (Wildman–Crippen MR) is 374 cm³/mol. The molecule has 2 aliphatic heterocycles. The quantitative estimate of drug-likeness (QED) is 0.00772. The fraction of sp³-hybridized carbons (Fsp3) is 0.437. The second kappa shape index (κ2) is 48.3. The Kier molecular flexibility index (Phi) is 42.3. The molecule has 2 saturated heterocycles. The molecule has 562 valence electrons. The predicted octanol–water partition coefficient (Wildman–Crippen LogP) is 4.91. The van der Waals surface area contributed by atoms with Gasteiger partial charge in [0, 0.05) is 111 Å². The van der Waals surface area contributed by atoms with E-state index in [4.69, 9.17) is 55.1 Å². The van der Waals surface area contributed by atoms with Crippen LogP contribution in [0.25, 0.3) is 0 Å². The zero-order chi connectivity index (χ0) is 74.6. The van der Waals surface area contributed by atoms with E-state index in [-0.39, 0.29) is 118 Å². The molecule has 0 amide bonds. The Morgan fingerprint density at radius 2 is 0.760 bits per heavy atom. The Balaban J connectivity index is 0.000000566. The summed E-state index contributed by atoms with van der Waals surface area (Å²) >= 11 is 17.4. The third kappa shape index (κ3) is 34.5. The molecule has 0 aliphatic carbocycles. The van der Waals surface area contributed by atoms with Crippen LogP contribution in [0.5, 0.6) is 0 Å². The van der Waals surface area contributed by atoms with Crippen LogP contribution in [0, 0.1) is 40.5 Å². The van der Waals surface area contributed by atoms with Gasteiger partial charge in [-0.05, 0) is 118 Å². The topological polar surface area (TPSA) is 310 Å². The van der Waals surface area contributed by atoms with Crippen molar-refractivity contribution >= 4 is 81.8 Å². The third-order valence-electron chi connectivity index (χ3n) is 17.5. The molecule has 33 heteroatoms. The standard InChI is InChI=1S/C35H43ClN4O9.C19H21Cl2N2O5.C16H22N2O4.CH3F.2BrH.Na/c1-39(24-28-7-13-31(36)14-8-28,25-29-9-15-32(16-10-29)37(43)44)22-23-47-35(42)49-27-48-34(41)6-5-21-40(19-3-2-4-20-40)26-30-11-17-33(18-12-30)38(45)46;1-23(10-11-27-19(24)28-14-20,12-15-2-6-17(21)7-3-15)13-16-4-8-18(9-5-16)22(25)26;19-16(20)5-4-12-18(10-2-1-3-11-18)13-14-6-8-15(9-7-14)17(21)22;1-2;;;/h7-18H,2-6,19-27H2,1H3;2-9H,10-14H2,1H3;6-9H,1-5,10-13H2;1H3;2*1H;/q+2;+1;;;;;+1/p-2/i;;;1D;;;. The molecule has 2 unspecified atom stereocenters. The molecule has 6 aromatic carbocycles. The summed E-state index contributed by atoms with van der Waals surface area (Å²) in [4.78, 5) is 88.7. The number of quaternary nitrogens is 4. The monoisotopic (exact) mass is 1650 g/mol. The van der Waals surface area contributed by atoms with Gasteiger partial charge >= 0.3 is 47.8 Å². The molecule has 0 radical (unpaired) electrons. The molecule has 6 aromatic rings. The van der Waals surface area contributed by atoms with Crippen molar-refractivity contribution in [3.8, 4) is 0 Å². The zero-order valence-corrected chi connectivity index (χ0v) is 66.0. The minimum Gasteiger partial charge on any atom is -1.00 e. The van der Waals surface area contributed by atoms with Crippen molar-refractivity contribution in [1.82, 2.24) is 0 Å². The number of carbonyl (C=O) groups excluding carboxylic acids is 4. The van der Waals surface area contributed by atoms with Gasteiger partial charge in [0.05, 0.1) is 88.0 Å². The Labute approximate surface area is 664 Å². The van der Waals surface area contributed by atoms with Crippen LogP contribution in [-0.4, -0.2) is 162 Å². The summed E-state index contributed by atoms with van der Waals surface area (Å²) < 4.78 is 43.2. The number of carbonyl (C=O) groups is 4. The Morgan fingerprint density at radius 3 is 1.06 bits per heavy atom. The summed E-state index contributed by atoms with van der Waals surface area (Å²) in [5.41, 5.74) is 6.22. The molecule has 2 heterocycles. The number of hydrogen-bond acceptors (Lipinski definition) is 18. The molecule has 2 atom stereocenters. The summed E-state index contributed by atoms with van der Waals surface area (Å²) in [6.07, 6.45) is 6.57. The maximum absolute atomic E-state index is 12.4. The largest absolute Gasteiger partial charge is 1.00 e. The van der Waals surface area contributed by atoms with Gasteiger partial charge in [0.1, 0.15) is 65.6 Å². The normalized spacial score (nSPS) is 14.3. The Bertz CT molecular complexity index is 3640. The van der Waals surface area contributed by atoms with Gasteiger partial charge in [0.15, 0.2) is 6.07 Å². The number of nitro groups is 4. The van der Waals surface area contributed by atoms with Crippen molar-refractivity contribution in [2.45, 2.75) is 103 Å². The van der Waals surface area contributed by atoms with Crippen molar-refractivity contribution in [3.05, 3.63) is 229 Å². The van der Waals surface area contributed by atoms with Crippen LogP contribution in [0.4, 0.5) is 36.7 Å². The molecule has 0 bridgehead atoms. The number of non-ortho nitro benzene ring substituents is 4. The maximum atomic E-state index is 12.4. The third-order valence-corrected chi connectivity index (χ3v) is 18.1. The number of likely N-dealkylation sites (N-methyl/N-ethyl adjacent to an activating group) is 2. The van der Waals surface area contributed by atoms with Crippen molar-refractivity contribution < 1.29 is 155 Å². The molecule has 0 spiro atoms. The molecule has 0 aromatic heterocycles. The Hall–Kier alpha value is -7.00. The van der Waals surface area contributed by atoms with Gasteiger partial charge in [0.2, 0.25) is 6.79 Å². The number of carboxylic acid groups (broad SMARTS) is 1. The van der Waals surface area contributed by atoms with E-state index in [0.29, 0.717) is 71.1 Å². The van der Waals surface area contributed by atoms with Crippen LogP contribution in [-0.2, 0) is 72.5 Å². The van der Waals surface area contributed by atoms with Gasteiger partial charge in [-0.25, -0.2) is 9.59 Å². The first-order valence-corrected chi connectivity index (χ1v) is 34.1. The fourth-order valence-electron chi connectivity index (χ4n) is 12.5. The van der Waals surface area contributed by atoms with Crippen LogP contribution in [0.2, 0.25) is 10.0 Å². The number of carboxylic acids is 1. The van der Waals surface area contributed by atoms with Crippen LogP contribution in [0.3, 0.4) is 0 Å². The number of alkyl halides is 2. The summed E-state index contributed by atoms with van der Waals surface area (Å²) in [7, 11) is 3.01. The molecule has 104 heavy (non-hydrogen) atoms. The van der Waals surface area contributed by atoms with Crippen molar-refractivity contribution in [3.63, 3.8) is 0 Å². The average molecular weight is 1650 g/mol. The van der Waals surface area contributed by atoms with E-state index in [0.717, 1.165) is 127 Å². The van der Waals surface area contributed by atoms with E-state index in [9.17, 15) is 69.1 Å². The van der Waals surface area contributed by atoms with Gasteiger partial charge in [0.25, 0.3) is 22.7 Å². The number of piperidine rings is 2. The van der Waals surface area contributed by atoms with E-state index in [1.54, 1.807) is 48.5 Å². The number of esters is 1. The maximum Gasteiger partial charge on any atom is 1.00 e. The minimum atomic E-state index is -1.00. The van der Waals surface area contributed by atoms with Crippen molar-refractivity contribution in [1.29, 1.82) is 0 Å². The molecular formula is C71H89Br2Cl3FN8NaO18+2. The number of hydrogen-bond donors (Lipinski definition) is 0. The second-order valence-electron chi connectivity index (χ2n) is 25.5. The number of likely N-dealkylation sites (tertiary alicyclic amines) is 2. The van der Waals surface area contributed by atoms with Gasteiger partial charge in [-0.15, -0.1) is 0 Å². The van der Waals surface area contributed by atoms with Crippen molar-refractivity contribution in [2.75, 3.05) is 99.7 Å². The number of nitro benzene ring substituents is 4. The molecule has 8 rings (SSSR count). The summed E-state index contributed by atoms with van der Waals surface area (Å²) in [6.45, 7) is 10.1. The van der Waals surface area contributed by atoms with Gasteiger partial charge in [-0.3, -0.25) is 49.6 Å². The number of rotatable bonds is 33. The first-order valence-electron chi connectivity index (χ1n) is 33.5. The summed E-state index contributed by atoms with van der Waals surface area (Å²) in [6, 6.07) is 40.9. The molecule has 26 nitrogen and oxygen atoms in total. The first-order chi connectivity index (χ1) is 48.7. The van der Waals surface area contributed by atoms with Gasteiger partial charge in [-0.1, -0.05) is 59.1 Å². The molecular weight excluding hydrogens is 1560 g/mol. The first kappa shape index (κ1) is 91.2. The number of halogens is 6. The number of benzene rings is 6. The van der Waals surface area contributed by atoms with Gasteiger partial charge < -0.3 is 85.5 Å².